The predicted octanol–water partition coefficient (Wildman–Crippen LogP) is 3.99. The maximum atomic E-state index is 13.8. The second-order valence-electron chi connectivity index (χ2n) is 9.47. The van der Waals surface area contributed by atoms with Crippen LogP contribution in [0.25, 0.3) is 11.7 Å². The first-order chi connectivity index (χ1) is 18.8. The zero-order valence-electron chi connectivity index (χ0n) is 22.0. The molecule has 2 aromatic heterocycles. The van der Waals surface area contributed by atoms with E-state index in [9.17, 15) is 14.4 Å². The van der Waals surface area contributed by atoms with Gasteiger partial charge in [-0.05, 0) is 44.0 Å². The van der Waals surface area contributed by atoms with Crippen LogP contribution in [0, 0.1) is 13.8 Å². The molecule has 2 fully saturated rings. The molecule has 0 atom stereocenters. The van der Waals surface area contributed by atoms with Crippen LogP contribution < -0.4 is 10.5 Å². The van der Waals surface area contributed by atoms with Crippen LogP contribution in [0.1, 0.15) is 29.2 Å². The van der Waals surface area contributed by atoms with E-state index in [-0.39, 0.29) is 17.6 Å². The topological polar surface area (TPSA) is 87.5 Å². The number of carbonyl (C=O) groups is 2. The molecule has 0 radical (unpaired) electrons. The molecule has 0 N–H and O–H groups in total. The van der Waals surface area contributed by atoms with Gasteiger partial charge in [-0.2, -0.15) is 0 Å². The van der Waals surface area contributed by atoms with Gasteiger partial charge >= 0.3 is 6.09 Å². The summed E-state index contributed by atoms with van der Waals surface area (Å²) in [6.07, 6.45) is 2.95. The summed E-state index contributed by atoms with van der Waals surface area (Å²) in [5.74, 6) is 0.249. The third-order valence-corrected chi connectivity index (χ3v) is 8.16. The lowest BCUT2D eigenvalue weighted by molar-refractivity contribution is -0.122. The Morgan fingerprint density at radius 2 is 1.82 bits per heavy atom. The molecule has 0 aliphatic carbocycles. The summed E-state index contributed by atoms with van der Waals surface area (Å²) in [5, 5.41) is 0. The van der Waals surface area contributed by atoms with Crippen molar-refractivity contribution in [3.05, 3.63) is 80.1 Å². The highest BCUT2D eigenvalue weighted by Gasteiger charge is 2.33. The molecule has 11 heteroatoms. The molecule has 2 amide bonds. The number of amides is 2. The number of rotatable bonds is 5. The minimum atomic E-state index is -0.350. The Balaban J connectivity index is 1.50. The number of aromatic nitrogens is 2. The van der Waals surface area contributed by atoms with Crippen LogP contribution in [0.4, 0.5) is 10.6 Å². The summed E-state index contributed by atoms with van der Waals surface area (Å²) in [5.41, 5.74) is 3.57. The molecule has 5 rings (SSSR count). The molecule has 2 aliphatic heterocycles. The Labute approximate surface area is 236 Å². The zero-order chi connectivity index (χ0) is 27.7. The summed E-state index contributed by atoms with van der Waals surface area (Å²) in [4.78, 5) is 49.9. The number of pyridine rings is 1. The van der Waals surface area contributed by atoms with E-state index in [4.69, 9.17) is 21.9 Å². The fraction of sp³-hybridized carbons (Fsp3) is 0.321. The fourth-order valence-electron chi connectivity index (χ4n) is 4.63. The number of aryl methyl sites for hydroxylation is 2. The van der Waals surface area contributed by atoms with Crippen molar-refractivity contribution in [2.24, 2.45) is 0 Å². The number of anilines is 1. The number of nitrogens with zero attached hydrogens (tertiary/aromatic N) is 5. The molecule has 2 saturated heterocycles. The standard InChI is InChI=1S/C28H29N5O4S2/c1-4-37-27(36)31-14-12-30(13-15-31)24-21(25(34)32-11-5-6-19(3)23(32)29-24)16-22-26(35)33(28(38)39-22)17-20-9-7-18(2)8-10-20/h5-11,16H,4,12-15,17H2,1-3H3/b22-16-. The highest BCUT2D eigenvalue weighted by Crippen LogP contribution is 2.34. The van der Waals surface area contributed by atoms with Gasteiger partial charge in [0.05, 0.1) is 23.6 Å². The predicted molar refractivity (Wildman–Crippen MR) is 157 cm³/mol. The van der Waals surface area contributed by atoms with Crippen molar-refractivity contribution in [1.29, 1.82) is 0 Å². The van der Waals surface area contributed by atoms with Crippen molar-refractivity contribution >= 4 is 57.8 Å². The third-order valence-electron chi connectivity index (χ3n) is 6.78. The van der Waals surface area contributed by atoms with E-state index < -0.39 is 0 Å². The Hall–Kier alpha value is -3.70. The Kier molecular flexibility index (Phi) is 7.72. The van der Waals surface area contributed by atoms with Crippen LogP contribution in [0.5, 0.6) is 0 Å². The van der Waals surface area contributed by atoms with Gasteiger partial charge in [0, 0.05) is 32.4 Å². The van der Waals surface area contributed by atoms with Gasteiger partial charge in [-0.3, -0.25) is 18.9 Å². The Bertz CT molecular complexity index is 1540. The van der Waals surface area contributed by atoms with Crippen molar-refractivity contribution < 1.29 is 14.3 Å². The van der Waals surface area contributed by atoms with E-state index in [0.717, 1.165) is 16.7 Å². The molecule has 0 unspecified atom stereocenters. The molecule has 0 saturated carbocycles. The van der Waals surface area contributed by atoms with Crippen molar-refractivity contribution in [2.75, 3.05) is 37.7 Å². The molecular formula is C28H29N5O4S2. The quantitative estimate of drug-likeness (QED) is 0.340. The van der Waals surface area contributed by atoms with Crippen molar-refractivity contribution in [2.45, 2.75) is 27.3 Å². The van der Waals surface area contributed by atoms with E-state index in [2.05, 4.69) is 0 Å². The number of benzene rings is 1. The normalized spacial score (nSPS) is 17.0. The summed E-state index contributed by atoms with van der Waals surface area (Å²) in [7, 11) is 0. The molecular weight excluding hydrogens is 534 g/mol. The molecule has 0 bridgehead atoms. The van der Waals surface area contributed by atoms with Gasteiger partial charge in [-0.25, -0.2) is 9.78 Å². The monoisotopic (exact) mass is 563 g/mol. The van der Waals surface area contributed by atoms with Crippen LogP contribution in [0.15, 0.2) is 52.3 Å². The van der Waals surface area contributed by atoms with Gasteiger partial charge in [-0.15, -0.1) is 0 Å². The van der Waals surface area contributed by atoms with Gasteiger partial charge in [0.15, 0.2) is 0 Å². The van der Waals surface area contributed by atoms with Crippen LogP contribution in [-0.2, 0) is 16.1 Å². The highest BCUT2D eigenvalue weighted by atomic mass is 32.2. The highest BCUT2D eigenvalue weighted by molar-refractivity contribution is 8.26. The second-order valence-corrected chi connectivity index (χ2v) is 11.1. The van der Waals surface area contributed by atoms with Crippen molar-refractivity contribution in [1.82, 2.24) is 19.2 Å². The number of thioether (sulfide) groups is 1. The summed E-state index contributed by atoms with van der Waals surface area (Å²) in [6.45, 7) is 8.19. The number of ether oxygens (including phenoxy) is 1. The minimum Gasteiger partial charge on any atom is -0.450 e. The maximum absolute atomic E-state index is 13.8. The maximum Gasteiger partial charge on any atom is 0.409 e. The molecule has 9 nitrogen and oxygen atoms in total. The van der Waals surface area contributed by atoms with Crippen LogP contribution in [0.3, 0.4) is 0 Å². The van der Waals surface area contributed by atoms with E-state index in [1.54, 1.807) is 35.1 Å². The number of carbonyl (C=O) groups excluding carboxylic acids is 2. The average Bonchev–Trinajstić information content (AvgIpc) is 3.19. The molecule has 2 aliphatic rings. The molecule has 4 heterocycles. The lowest BCUT2D eigenvalue weighted by atomic mass is 10.1. The SMILES string of the molecule is CCOC(=O)N1CCN(c2nc3c(C)cccn3c(=O)c2/C=C2\SC(=S)N(Cc3ccc(C)cc3)C2=O)CC1. The first kappa shape index (κ1) is 26.9. The number of piperazine rings is 1. The molecule has 3 aromatic rings. The molecule has 1 aromatic carbocycles. The number of fused-ring (bicyclic) bond motifs is 1. The van der Waals surface area contributed by atoms with Crippen LogP contribution in [-0.4, -0.2) is 68.3 Å². The molecule has 202 valence electrons. The van der Waals surface area contributed by atoms with E-state index in [1.165, 1.54) is 16.2 Å². The fourth-order valence-corrected chi connectivity index (χ4v) is 5.86. The van der Waals surface area contributed by atoms with Crippen molar-refractivity contribution in [3.63, 3.8) is 0 Å². The molecule has 0 spiro atoms. The lowest BCUT2D eigenvalue weighted by Gasteiger charge is -2.35. The largest absolute Gasteiger partial charge is 0.450 e. The first-order valence-corrected chi connectivity index (χ1v) is 14.0. The third kappa shape index (κ3) is 5.41. The first-order valence-electron chi connectivity index (χ1n) is 12.8. The summed E-state index contributed by atoms with van der Waals surface area (Å²) in [6, 6.07) is 11.7. The van der Waals surface area contributed by atoms with Crippen LogP contribution >= 0.6 is 24.0 Å². The Morgan fingerprint density at radius 1 is 1.10 bits per heavy atom. The smallest absolute Gasteiger partial charge is 0.409 e. The number of hydrogen-bond donors (Lipinski definition) is 0. The number of hydrogen-bond acceptors (Lipinski definition) is 8. The van der Waals surface area contributed by atoms with Gasteiger partial charge in [0.1, 0.15) is 15.8 Å². The summed E-state index contributed by atoms with van der Waals surface area (Å²) >= 11 is 6.73. The van der Waals surface area contributed by atoms with Gasteiger partial charge in [0.2, 0.25) is 0 Å². The minimum absolute atomic E-state index is 0.239. The van der Waals surface area contributed by atoms with E-state index >= 15 is 0 Å². The van der Waals surface area contributed by atoms with Crippen molar-refractivity contribution in [3.8, 4) is 0 Å². The summed E-state index contributed by atoms with van der Waals surface area (Å²) < 4.78 is 7.09. The molecule has 39 heavy (non-hydrogen) atoms. The lowest BCUT2D eigenvalue weighted by Crippen LogP contribution is -2.49. The number of thiocarbonyl (C=S) groups is 1. The van der Waals surface area contributed by atoms with Gasteiger partial charge in [-0.1, -0.05) is 59.9 Å². The Morgan fingerprint density at radius 3 is 2.51 bits per heavy atom. The van der Waals surface area contributed by atoms with E-state index in [1.807, 2.05) is 49.1 Å². The van der Waals surface area contributed by atoms with Gasteiger partial charge < -0.3 is 14.5 Å². The van der Waals surface area contributed by atoms with E-state index in [0.29, 0.717) is 65.6 Å². The average molecular weight is 564 g/mol. The second kappa shape index (κ2) is 11.2. The zero-order valence-corrected chi connectivity index (χ0v) is 23.7. The van der Waals surface area contributed by atoms with Gasteiger partial charge in [0.25, 0.3) is 11.5 Å². The van der Waals surface area contributed by atoms with Crippen LogP contribution in [0.2, 0.25) is 0 Å².